The van der Waals surface area contributed by atoms with E-state index in [0.29, 0.717) is 19.0 Å². The van der Waals surface area contributed by atoms with Crippen molar-refractivity contribution in [3.8, 4) is 0 Å². The molecule has 1 N–H and O–H groups in total. The van der Waals surface area contributed by atoms with Crippen LogP contribution in [0, 0.1) is 11.8 Å². The van der Waals surface area contributed by atoms with Gasteiger partial charge in [-0.3, -0.25) is 4.79 Å². The molecule has 0 aromatic heterocycles. The van der Waals surface area contributed by atoms with Crippen LogP contribution >= 0.6 is 11.6 Å². The van der Waals surface area contributed by atoms with Crippen molar-refractivity contribution in [1.29, 1.82) is 0 Å². The third-order valence-corrected chi connectivity index (χ3v) is 3.80. The van der Waals surface area contributed by atoms with Crippen molar-refractivity contribution in [2.75, 3.05) is 26.2 Å². The highest BCUT2D eigenvalue weighted by atomic mass is 35.5. The van der Waals surface area contributed by atoms with Crippen LogP contribution in [0.5, 0.6) is 0 Å². The van der Waals surface area contributed by atoms with Gasteiger partial charge in [-0.05, 0) is 50.4 Å². The topological polar surface area (TPSA) is 66.5 Å². The van der Waals surface area contributed by atoms with E-state index in [0.717, 1.165) is 51.3 Å². The van der Waals surface area contributed by atoms with Gasteiger partial charge in [0.25, 0.3) is 0 Å². The Labute approximate surface area is 126 Å². The summed E-state index contributed by atoms with van der Waals surface area (Å²) < 4.78 is 0. The first kappa shape index (κ1) is 19.1. The Morgan fingerprint density at radius 3 is 1.80 bits per heavy atom. The summed E-state index contributed by atoms with van der Waals surface area (Å²) >= 11 is 5.25. The zero-order valence-electron chi connectivity index (χ0n) is 11.0. The standard InChI is InChI=1S/C7H10ClNO2.C6H11NO.CH4/c8-7(11)9-3-1-6(5-10)2-4-9;8-5-6-1-3-7-4-2-6;/h5-6H,1-4H2;5-7H,1-4H2;1H4. The fourth-order valence-corrected chi connectivity index (χ4v) is 2.36. The molecule has 1 amide bonds. The highest BCUT2D eigenvalue weighted by molar-refractivity contribution is 6.62. The van der Waals surface area contributed by atoms with E-state index < -0.39 is 5.37 Å². The number of halogens is 1. The first-order valence-electron chi connectivity index (χ1n) is 6.73. The van der Waals surface area contributed by atoms with Crippen molar-refractivity contribution >= 4 is 29.5 Å². The van der Waals surface area contributed by atoms with Crippen molar-refractivity contribution in [2.45, 2.75) is 33.1 Å². The van der Waals surface area contributed by atoms with Crippen molar-refractivity contribution < 1.29 is 14.4 Å². The summed E-state index contributed by atoms with van der Waals surface area (Å²) in [4.78, 5) is 32.6. The molecule has 0 saturated carbocycles. The molecule has 0 aromatic rings. The molecule has 0 aliphatic carbocycles. The van der Waals surface area contributed by atoms with Crippen molar-refractivity contribution in [3.05, 3.63) is 0 Å². The summed E-state index contributed by atoms with van der Waals surface area (Å²) in [6.45, 7) is 3.27. The van der Waals surface area contributed by atoms with Gasteiger partial charge < -0.3 is 19.8 Å². The molecule has 2 aliphatic rings. The van der Waals surface area contributed by atoms with E-state index in [1.807, 2.05) is 0 Å². The molecular formula is C14H25ClN2O3. The maximum absolute atomic E-state index is 10.6. The van der Waals surface area contributed by atoms with Gasteiger partial charge in [0, 0.05) is 24.9 Å². The first-order chi connectivity index (χ1) is 9.17. The molecule has 5 nitrogen and oxygen atoms in total. The van der Waals surface area contributed by atoms with E-state index in [4.69, 9.17) is 11.6 Å². The lowest BCUT2D eigenvalue weighted by molar-refractivity contribution is -0.112. The number of hydrogen-bond donors (Lipinski definition) is 1. The number of carbonyl (C=O) groups excluding carboxylic acids is 3. The largest absolute Gasteiger partial charge is 0.329 e. The molecule has 0 unspecified atom stereocenters. The van der Waals surface area contributed by atoms with Crippen LogP contribution in [0.15, 0.2) is 0 Å². The number of amides is 1. The van der Waals surface area contributed by atoms with Gasteiger partial charge in [0.15, 0.2) is 0 Å². The molecule has 2 rings (SSSR count). The Kier molecular flexibility index (Phi) is 10.3. The second-order valence-electron chi connectivity index (χ2n) is 4.94. The molecule has 0 spiro atoms. The number of nitrogens with zero attached hydrogens (tertiary/aromatic N) is 1. The molecule has 2 heterocycles. The quantitative estimate of drug-likeness (QED) is 0.482. The number of hydrogen-bond acceptors (Lipinski definition) is 4. The smallest absolute Gasteiger partial charge is 0.316 e. The minimum Gasteiger partial charge on any atom is -0.329 e. The van der Waals surface area contributed by atoms with Crippen LogP contribution < -0.4 is 5.32 Å². The molecule has 0 atom stereocenters. The monoisotopic (exact) mass is 304 g/mol. The Morgan fingerprint density at radius 1 is 1.00 bits per heavy atom. The van der Waals surface area contributed by atoms with Crippen molar-refractivity contribution in [2.24, 2.45) is 11.8 Å². The molecule has 0 aromatic carbocycles. The molecule has 2 aliphatic heterocycles. The molecule has 6 heteroatoms. The number of rotatable bonds is 2. The highest BCUT2D eigenvalue weighted by Crippen LogP contribution is 2.15. The number of likely N-dealkylation sites (tertiary alicyclic amines) is 1. The van der Waals surface area contributed by atoms with Crippen LogP contribution in [0.4, 0.5) is 4.79 Å². The second-order valence-corrected chi connectivity index (χ2v) is 5.26. The van der Waals surface area contributed by atoms with E-state index in [1.165, 1.54) is 0 Å². The molecule has 2 saturated heterocycles. The highest BCUT2D eigenvalue weighted by Gasteiger charge is 2.20. The predicted molar refractivity (Wildman–Crippen MR) is 80.0 cm³/mol. The number of carbonyl (C=O) groups is 3. The average molecular weight is 305 g/mol. The van der Waals surface area contributed by atoms with Gasteiger partial charge in [-0.2, -0.15) is 0 Å². The zero-order valence-corrected chi connectivity index (χ0v) is 11.8. The van der Waals surface area contributed by atoms with Crippen LogP contribution in [-0.4, -0.2) is 49.0 Å². The summed E-state index contributed by atoms with van der Waals surface area (Å²) in [5, 5.41) is 2.78. The molecule has 116 valence electrons. The number of piperidine rings is 2. The first-order valence-corrected chi connectivity index (χ1v) is 7.11. The Hall–Kier alpha value is -0.940. The van der Waals surface area contributed by atoms with Crippen LogP contribution in [0.3, 0.4) is 0 Å². The fraction of sp³-hybridized carbons (Fsp3) is 0.786. The Balaban J connectivity index is 0.000000359. The third kappa shape index (κ3) is 7.01. The van der Waals surface area contributed by atoms with Gasteiger partial charge >= 0.3 is 5.37 Å². The van der Waals surface area contributed by atoms with Gasteiger partial charge in [0.2, 0.25) is 0 Å². The normalized spacial score (nSPS) is 20.1. The van der Waals surface area contributed by atoms with Crippen LogP contribution in [0.25, 0.3) is 0 Å². The minimum absolute atomic E-state index is 0. The summed E-state index contributed by atoms with van der Waals surface area (Å²) in [5.41, 5.74) is 0. The van der Waals surface area contributed by atoms with Crippen LogP contribution in [0.1, 0.15) is 33.1 Å². The SMILES string of the molecule is C.O=CC1CCN(C(=O)Cl)CC1.O=CC1CCNCC1. The predicted octanol–water partition coefficient (Wildman–Crippen LogP) is 2.08. The lowest BCUT2D eigenvalue weighted by Gasteiger charge is -2.27. The van der Waals surface area contributed by atoms with Crippen molar-refractivity contribution in [3.63, 3.8) is 0 Å². The van der Waals surface area contributed by atoms with Crippen molar-refractivity contribution in [1.82, 2.24) is 10.2 Å². The van der Waals surface area contributed by atoms with E-state index in [2.05, 4.69) is 5.32 Å². The molecule has 2 fully saturated rings. The van der Waals surface area contributed by atoms with Gasteiger partial charge in [-0.1, -0.05) is 7.43 Å². The molecule has 0 radical (unpaired) electrons. The second kappa shape index (κ2) is 10.8. The van der Waals surface area contributed by atoms with Gasteiger partial charge in [0.1, 0.15) is 12.6 Å². The molecular weight excluding hydrogens is 280 g/mol. The lowest BCUT2D eigenvalue weighted by atomic mass is 9.99. The fourth-order valence-electron chi connectivity index (χ4n) is 2.19. The number of aldehydes is 2. The van der Waals surface area contributed by atoms with Gasteiger partial charge in [0.05, 0.1) is 0 Å². The molecule has 0 bridgehead atoms. The van der Waals surface area contributed by atoms with Gasteiger partial charge in [-0.25, -0.2) is 0 Å². The minimum atomic E-state index is -0.408. The summed E-state index contributed by atoms with van der Waals surface area (Å²) in [5.74, 6) is 0.471. The molecule has 20 heavy (non-hydrogen) atoms. The zero-order chi connectivity index (χ0) is 14.1. The average Bonchev–Trinajstić information content (AvgIpc) is 2.48. The summed E-state index contributed by atoms with van der Waals surface area (Å²) in [6.07, 6.45) is 5.59. The lowest BCUT2D eigenvalue weighted by Crippen LogP contribution is -2.35. The van der Waals surface area contributed by atoms with Crippen LogP contribution in [0.2, 0.25) is 0 Å². The Morgan fingerprint density at radius 2 is 1.45 bits per heavy atom. The van der Waals surface area contributed by atoms with E-state index in [1.54, 1.807) is 4.90 Å². The number of nitrogens with one attached hydrogen (secondary N) is 1. The maximum atomic E-state index is 10.6. The summed E-state index contributed by atoms with van der Waals surface area (Å²) in [7, 11) is 0. The summed E-state index contributed by atoms with van der Waals surface area (Å²) in [6, 6.07) is 0. The van der Waals surface area contributed by atoms with E-state index >= 15 is 0 Å². The van der Waals surface area contributed by atoms with E-state index in [9.17, 15) is 14.4 Å². The van der Waals surface area contributed by atoms with Crippen LogP contribution in [-0.2, 0) is 9.59 Å². The Bertz CT molecular complexity index is 299. The van der Waals surface area contributed by atoms with Gasteiger partial charge in [-0.15, -0.1) is 0 Å². The van der Waals surface area contributed by atoms with E-state index in [-0.39, 0.29) is 13.3 Å². The maximum Gasteiger partial charge on any atom is 0.316 e. The third-order valence-electron chi connectivity index (χ3n) is 3.56.